The molecule has 1 atom stereocenters. The number of H-pyrrole nitrogens is 1. The van der Waals surface area contributed by atoms with Crippen LogP contribution in [0.25, 0.3) is 0 Å². The smallest absolute Gasteiger partial charge is 0.324 e. The quantitative estimate of drug-likeness (QED) is 0.319. The van der Waals surface area contributed by atoms with Crippen molar-refractivity contribution < 1.29 is 19.4 Å². The van der Waals surface area contributed by atoms with Gasteiger partial charge in [0, 0.05) is 11.6 Å². The van der Waals surface area contributed by atoms with Gasteiger partial charge in [-0.15, -0.1) is 0 Å². The van der Waals surface area contributed by atoms with Gasteiger partial charge in [-0.25, -0.2) is 9.78 Å². The summed E-state index contributed by atoms with van der Waals surface area (Å²) in [5, 5.41) is 14.7. The van der Waals surface area contributed by atoms with Gasteiger partial charge in [-0.3, -0.25) is 10.1 Å². The van der Waals surface area contributed by atoms with Crippen LogP contribution in [0.1, 0.15) is 54.5 Å². The molecule has 3 amide bonds. The number of benzene rings is 2. The molecule has 0 saturated carbocycles. The highest BCUT2D eigenvalue weighted by Crippen LogP contribution is 2.26. The first-order valence-electron chi connectivity index (χ1n) is 10.4. The minimum Gasteiger partial charge on any atom is -0.508 e. The Kier molecular flexibility index (Phi) is 7.33. The van der Waals surface area contributed by atoms with Crippen LogP contribution in [0.4, 0.5) is 16.3 Å². The number of aromatic amines is 1. The minimum absolute atomic E-state index is 0.000417. The molecule has 1 heterocycles. The summed E-state index contributed by atoms with van der Waals surface area (Å²) in [7, 11) is 0. The van der Waals surface area contributed by atoms with E-state index in [2.05, 4.69) is 27.5 Å². The number of carbonyl (C=O) groups excluding carboxylic acids is 2. The van der Waals surface area contributed by atoms with Crippen LogP contribution in [0.3, 0.4) is 0 Å². The van der Waals surface area contributed by atoms with Crippen molar-refractivity contribution in [1.82, 2.24) is 9.97 Å². The van der Waals surface area contributed by atoms with Gasteiger partial charge in [0.15, 0.2) is 5.82 Å². The monoisotopic (exact) mass is 437 g/mol. The molecule has 0 saturated heterocycles. The first-order valence-corrected chi connectivity index (χ1v) is 10.4. The fourth-order valence-electron chi connectivity index (χ4n) is 3.03. The van der Waals surface area contributed by atoms with E-state index >= 15 is 0 Å². The number of hydrogen-bond acceptors (Lipinski definition) is 5. The molecule has 1 unspecified atom stereocenters. The van der Waals surface area contributed by atoms with Gasteiger partial charge >= 0.3 is 6.03 Å². The molecule has 9 heteroatoms. The van der Waals surface area contributed by atoms with Crippen molar-refractivity contribution in [2.45, 2.75) is 32.6 Å². The fraction of sp³-hybridized carbons (Fsp3) is 0.261. The number of aromatic nitrogens is 2. The van der Waals surface area contributed by atoms with Crippen LogP contribution >= 0.6 is 0 Å². The van der Waals surface area contributed by atoms with Gasteiger partial charge in [0.25, 0.3) is 5.91 Å². The number of nitrogens with two attached hydrogens (primary N) is 1. The van der Waals surface area contributed by atoms with Crippen LogP contribution in [0.15, 0.2) is 48.5 Å². The topological polar surface area (TPSA) is 142 Å². The molecule has 6 N–H and O–H groups in total. The van der Waals surface area contributed by atoms with E-state index in [9.17, 15) is 14.7 Å². The predicted octanol–water partition coefficient (Wildman–Crippen LogP) is 4.19. The number of unbranched alkanes of at least 4 members (excludes halogenated alkanes) is 1. The molecule has 0 bridgehead atoms. The summed E-state index contributed by atoms with van der Waals surface area (Å²) in [6, 6.07) is 13.1. The Bertz CT molecular complexity index is 1060. The Morgan fingerprint density at radius 2 is 1.81 bits per heavy atom. The van der Waals surface area contributed by atoms with Crippen LogP contribution < -0.4 is 21.1 Å². The van der Waals surface area contributed by atoms with Crippen molar-refractivity contribution in [3.63, 3.8) is 0 Å². The zero-order valence-corrected chi connectivity index (χ0v) is 18.0. The van der Waals surface area contributed by atoms with Crippen LogP contribution in [-0.2, 0) is 0 Å². The van der Waals surface area contributed by atoms with Gasteiger partial charge in [-0.2, -0.15) is 0 Å². The standard InChI is InChI=1S/C23H27N5O4/c1-3-4-13-32-18-11-7-16(8-12-18)25-23(31)28-22-19(20(24)30)26-21(27-22)14(2)15-5-9-17(29)10-6-15/h5-12,14,29H,3-4,13H2,1-2H3,(H2,24,30)(H,26,27)(H2,25,28,31). The van der Waals surface area contributed by atoms with E-state index in [1.165, 1.54) is 0 Å². The van der Waals surface area contributed by atoms with E-state index in [0.29, 0.717) is 18.1 Å². The summed E-state index contributed by atoms with van der Waals surface area (Å²) >= 11 is 0. The highest BCUT2D eigenvalue weighted by Gasteiger charge is 2.21. The molecule has 0 fully saturated rings. The summed E-state index contributed by atoms with van der Waals surface area (Å²) < 4.78 is 5.60. The number of ether oxygens (including phenoxy) is 1. The predicted molar refractivity (Wildman–Crippen MR) is 122 cm³/mol. The van der Waals surface area contributed by atoms with E-state index in [1.807, 2.05) is 6.92 Å². The molecule has 0 aliphatic heterocycles. The van der Waals surface area contributed by atoms with Crippen molar-refractivity contribution >= 4 is 23.4 Å². The Hall–Kier alpha value is -4.01. The highest BCUT2D eigenvalue weighted by atomic mass is 16.5. The van der Waals surface area contributed by atoms with Crippen molar-refractivity contribution in [2.24, 2.45) is 5.73 Å². The molecule has 32 heavy (non-hydrogen) atoms. The van der Waals surface area contributed by atoms with Gasteiger partial charge < -0.3 is 25.9 Å². The molecule has 9 nitrogen and oxygen atoms in total. The zero-order valence-electron chi connectivity index (χ0n) is 18.0. The Balaban J connectivity index is 1.68. The number of hydrogen-bond donors (Lipinski definition) is 5. The lowest BCUT2D eigenvalue weighted by Gasteiger charge is -2.09. The maximum Gasteiger partial charge on any atom is 0.324 e. The lowest BCUT2D eigenvalue weighted by atomic mass is 10.0. The number of nitrogens with one attached hydrogen (secondary N) is 3. The summed E-state index contributed by atoms with van der Waals surface area (Å²) in [5.41, 5.74) is 6.87. The SMILES string of the molecule is CCCCOc1ccc(NC(=O)Nc2nc(C(C)c3ccc(O)cc3)[nH]c2C(N)=O)cc1. The molecule has 2 aromatic carbocycles. The van der Waals surface area contributed by atoms with Gasteiger partial charge in [-0.1, -0.05) is 32.4 Å². The number of rotatable bonds is 9. The average Bonchev–Trinajstić information content (AvgIpc) is 3.19. The Morgan fingerprint density at radius 3 is 2.44 bits per heavy atom. The van der Waals surface area contributed by atoms with Crippen LogP contribution in [0.5, 0.6) is 11.5 Å². The zero-order chi connectivity index (χ0) is 23.1. The number of anilines is 2. The number of imidazole rings is 1. The molecular weight excluding hydrogens is 410 g/mol. The number of carbonyl (C=O) groups is 2. The first kappa shape index (κ1) is 22.7. The number of phenols is 1. The average molecular weight is 438 g/mol. The molecular formula is C23H27N5O4. The largest absolute Gasteiger partial charge is 0.508 e. The van der Waals surface area contributed by atoms with Gasteiger partial charge in [0.1, 0.15) is 23.0 Å². The van der Waals surface area contributed by atoms with Crippen molar-refractivity contribution in [3.8, 4) is 11.5 Å². The summed E-state index contributed by atoms with van der Waals surface area (Å²) in [5.74, 6) is 0.389. The number of amides is 3. The van der Waals surface area contributed by atoms with E-state index in [-0.39, 0.29) is 23.2 Å². The minimum atomic E-state index is -0.745. The molecule has 0 spiro atoms. The normalized spacial score (nSPS) is 11.6. The fourth-order valence-corrected chi connectivity index (χ4v) is 3.03. The third-order valence-corrected chi connectivity index (χ3v) is 4.88. The number of urea groups is 1. The van der Waals surface area contributed by atoms with Crippen LogP contribution in [0, 0.1) is 0 Å². The second-order valence-corrected chi connectivity index (χ2v) is 7.33. The molecule has 0 aliphatic carbocycles. The number of nitrogens with zero attached hydrogens (tertiary/aromatic N) is 1. The molecule has 0 radical (unpaired) electrons. The van der Waals surface area contributed by atoms with E-state index in [0.717, 1.165) is 24.2 Å². The van der Waals surface area contributed by atoms with Gasteiger partial charge in [0.05, 0.1) is 6.61 Å². The van der Waals surface area contributed by atoms with Gasteiger partial charge in [-0.05, 0) is 48.4 Å². The van der Waals surface area contributed by atoms with Crippen molar-refractivity contribution in [2.75, 3.05) is 17.2 Å². The highest BCUT2D eigenvalue weighted by molar-refractivity contribution is 6.04. The summed E-state index contributed by atoms with van der Waals surface area (Å²) in [4.78, 5) is 31.6. The second-order valence-electron chi connectivity index (χ2n) is 7.33. The van der Waals surface area contributed by atoms with E-state index in [1.54, 1.807) is 48.5 Å². The lowest BCUT2D eigenvalue weighted by Crippen LogP contribution is -2.22. The van der Waals surface area contributed by atoms with Crippen LogP contribution in [-0.4, -0.2) is 33.6 Å². The third-order valence-electron chi connectivity index (χ3n) is 4.88. The number of primary amides is 1. The van der Waals surface area contributed by atoms with E-state index in [4.69, 9.17) is 10.5 Å². The van der Waals surface area contributed by atoms with Gasteiger partial charge in [0.2, 0.25) is 0 Å². The number of phenolic OH excluding ortho intramolecular Hbond substituents is 1. The van der Waals surface area contributed by atoms with E-state index < -0.39 is 11.9 Å². The lowest BCUT2D eigenvalue weighted by molar-refractivity contribution is 0.0997. The number of aromatic hydroxyl groups is 1. The Morgan fingerprint density at radius 1 is 1.12 bits per heavy atom. The third kappa shape index (κ3) is 5.78. The maximum absolute atomic E-state index is 12.5. The molecule has 3 rings (SSSR count). The van der Waals surface area contributed by atoms with Crippen LogP contribution in [0.2, 0.25) is 0 Å². The molecule has 168 valence electrons. The summed E-state index contributed by atoms with van der Waals surface area (Å²) in [6.45, 7) is 4.61. The molecule has 1 aromatic heterocycles. The first-order chi connectivity index (χ1) is 15.4. The maximum atomic E-state index is 12.5. The molecule has 3 aromatic rings. The Labute approximate surface area is 186 Å². The summed E-state index contributed by atoms with van der Waals surface area (Å²) in [6.07, 6.45) is 2.03. The van der Waals surface area contributed by atoms with Crippen molar-refractivity contribution in [3.05, 3.63) is 65.6 Å². The van der Waals surface area contributed by atoms with Crippen molar-refractivity contribution in [1.29, 1.82) is 0 Å². The second kappa shape index (κ2) is 10.3. The molecule has 0 aliphatic rings.